The second-order valence-corrected chi connectivity index (χ2v) is 7.53. The highest BCUT2D eigenvalue weighted by Gasteiger charge is 2.30. The smallest absolute Gasteiger partial charge is 0.410 e. The van der Waals surface area contributed by atoms with Crippen LogP contribution in [-0.2, 0) is 17.8 Å². The van der Waals surface area contributed by atoms with E-state index < -0.39 is 5.60 Å². The predicted molar refractivity (Wildman–Crippen MR) is 92.5 cm³/mol. The molecule has 7 nitrogen and oxygen atoms in total. The van der Waals surface area contributed by atoms with E-state index in [1.54, 1.807) is 6.33 Å². The average molecular weight is 337 g/mol. The Labute approximate surface area is 144 Å². The molecule has 0 radical (unpaired) electrons. The molecule has 0 aromatic carbocycles. The van der Waals surface area contributed by atoms with Gasteiger partial charge in [0.15, 0.2) is 0 Å². The lowest BCUT2D eigenvalue weighted by Crippen LogP contribution is -2.47. The maximum atomic E-state index is 12.3. The number of carbonyl (C=O) groups is 1. The summed E-state index contributed by atoms with van der Waals surface area (Å²) >= 11 is 0. The Kier molecular flexibility index (Phi) is 6.21. The second kappa shape index (κ2) is 7.96. The first-order valence-electron chi connectivity index (χ1n) is 8.88. The van der Waals surface area contributed by atoms with Gasteiger partial charge < -0.3 is 19.5 Å². The molecule has 1 fully saturated rings. The van der Waals surface area contributed by atoms with Crippen LogP contribution in [0.4, 0.5) is 4.79 Å². The fourth-order valence-corrected chi connectivity index (χ4v) is 3.01. The first-order valence-corrected chi connectivity index (χ1v) is 8.88. The summed E-state index contributed by atoms with van der Waals surface area (Å²) in [6.07, 6.45) is 3.69. The van der Waals surface area contributed by atoms with Gasteiger partial charge in [0.2, 0.25) is 0 Å². The molecule has 0 bridgehead atoms. The molecular weight excluding hydrogens is 306 g/mol. The molecule has 0 saturated carbocycles. The third-order valence-corrected chi connectivity index (χ3v) is 4.44. The van der Waals surface area contributed by atoms with Gasteiger partial charge in [-0.15, -0.1) is 10.2 Å². The van der Waals surface area contributed by atoms with Crippen molar-refractivity contribution in [3.8, 4) is 0 Å². The van der Waals surface area contributed by atoms with E-state index in [0.29, 0.717) is 18.5 Å². The predicted octanol–water partition coefficient (Wildman–Crippen LogP) is 2.42. The summed E-state index contributed by atoms with van der Waals surface area (Å²) in [5, 5.41) is 11.6. The zero-order valence-corrected chi connectivity index (χ0v) is 15.6. The van der Waals surface area contributed by atoms with E-state index in [9.17, 15) is 4.79 Å². The number of carbonyl (C=O) groups excluding carboxylic acids is 1. The van der Waals surface area contributed by atoms with E-state index in [-0.39, 0.29) is 6.09 Å². The third-order valence-electron chi connectivity index (χ3n) is 4.44. The van der Waals surface area contributed by atoms with Crippen LogP contribution in [0, 0.1) is 5.92 Å². The molecule has 7 heteroatoms. The Hall–Kier alpha value is -1.63. The number of nitrogens with zero attached hydrogens (tertiary/aromatic N) is 4. The highest BCUT2D eigenvalue weighted by atomic mass is 16.6. The van der Waals surface area contributed by atoms with Gasteiger partial charge in [0.05, 0.1) is 6.54 Å². The lowest BCUT2D eigenvalue weighted by molar-refractivity contribution is 0.0148. The van der Waals surface area contributed by atoms with Crippen LogP contribution in [0.3, 0.4) is 0 Å². The first-order chi connectivity index (χ1) is 11.3. The molecule has 1 N–H and O–H groups in total. The summed E-state index contributed by atoms with van der Waals surface area (Å²) in [7, 11) is 0. The van der Waals surface area contributed by atoms with Gasteiger partial charge in [-0.3, -0.25) is 0 Å². The topological polar surface area (TPSA) is 72.3 Å². The van der Waals surface area contributed by atoms with Gasteiger partial charge in [-0.25, -0.2) is 4.79 Å². The SMILES string of the molecule is CCn1cnnc1CNC(C)C1CCCN(C(=O)OC(C)(C)C)C1. The maximum absolute atomic E-state index is 12.3. The molecule has 1 amide bonds. The molecule has 2 unspecified atom stereocenters. The molecule has 1 aliphatic rings. The zero-order valence-electron chi connectivity index (χ0n) is 15.6. The summed E-state index contributed by atoms with van der Waals surface area (Å²) in [5.41, 5.74) is -0.446. The van der Waals surface area contributed by atoms with Gasteiger partial charge in [-0.05, 0) is 53.4 Å². The number of hydrogen-bond donors (Lipinski definition) is 1. The Balaban J connectivity index is 1.86. The number of nitrogens with one attached hydrogen (secondary N) is 1. The largest absolute Gasteiger partial charge is 0.444 e. The van der Waals surface area contributed by atoms with Crippen LogP contribution < -0.4 is 5.32 Å². The van der Waals surface area contributed by atoms with Crippen LogP contribution in [0.5, 0.6) is 0 Å². The van der Waals surface area contributed by atoms with Crippen molar-refractivity contribution in [1.82, 2.24) is 25.0 Å². The first kappa shape index (κ1) is 18.7. The monoisotopic (exact) mass is 337 g/mol. The zero-order chi connectivity index (χ0) is 17.7. The van der Waals surface area contributed by atoms with E-state index in [1.165, 1.54) is 0 Å². The summed E-state index contributed by atoms with van der Waals surface area (Å²) in [5.74, 6) is 1.37. The van der Waals surface area contributed by atoms with Crippen LogP contribution in [0.2, 0.25) is 0 Å². The average Bonchev–Trinajstić information content (AvgIpc) is 2.98. The van der Waals surface area contributed by atoms with Crippen molar-refractivity contribution in [2.24, 2.45) is 5.92 Å². The van der Waals surface area contributed by atoms with Crippen molar-refractivity contribution >= 4 is 6.09 Å². The molecule has 24 heavy (non-hydrogen) atoms. The Bertz CT molecular complexity index is 537. The molecule has 1 aromatic rings. The second-order valence-electron chi connectivity index (χ2n) is 7.53. The molecule has 1 aliphatic heterocycles. The van der Waals surface area contributed by atoms with Gasteiger partial charge in [-0.2, -0.15) is 0 Å². The van der Waals surface area contributed by atoms with E-state index in [0.717, 1.165) is 38.3 Å². The number of piperidine rings is 1. The fourth-order valence-electron chi connectivity index (χ4n) is 3.01. The highest BCUT2D eigenvalue weighted by molar-refractivity contribution is 5.68. The molecule has 1 aromatic heterocycles. The van der Waals surface area contributed by atoms with Crippen molar-refractivity contribution in [3.63, 3.8) is 0 Å². The van der Waals surface area contributed by atoms with Gasteiger partial charge in [0.25, 0.3) is 0 Å². The molecule has 1 saturated heterocycles. The van der Waals surface area contributed by atoms with Crippen molar-refractivity contribution in [1.29, 1.82) is 0 Å². The lowest BCUT2D eigenvalue weighted by Gasteiger charge is -2.36. The van der Waals surface area contributed by atoms with E-state index in [1.807, 2.05) is 30.2 Å². The van der Waals surface area contributed by atoms with Gasteiger partial charge in [0.1, 0.15) is 17.8 Å². The van der Waals surface area contributed by atoms with Crippen molar-refractivity contribution in [3.05, 3.63) is 12.2 Å². The third kappa shape index (κ3) is 5.19. The van der Waals surface area contributed by atoms with Gasteiger partial charge in [0, 0.05) is 25.7 Å². The Morgan fingerprint density at radius 2 is 2.25 bits per heavy atom. The van der Waals surface area contributed by atoms with E-state index >= 15 is 0 Å². The van der Waals surface area contributed by atoms with E-state index in [4.69, 9.17) is 4.74 Å². The molecule has 2 atom stereocenters. The summed E-state index contributed by atoms with van der Waals surface area (Å²) in [4.78, 5) is 14.1. The molecular formula is C17H31N5O2. The minimum atomic E-state index is -0.446. The van der Waals surface area contributed by atoms with Crippen LogP contribution in [-0.4, -0.2) is 50.5 Å². The van der Waals surface area contributed by atoms with E-state index in [2.05, 4.69) is 29.4 Å². The molecule has 2 rings (SSSR count). The Morgan fingerprint density at radius 1 is 1.50 bits per heavy atom. The number of amides is 1. The van der Waals surface area contributed by atoms with Crippen LogP contribution in [0.25, 0.3) is 0 Å². The number of likely N-dealkylation sites (tertiary alicyclic amines) is 1. The lowest BCUT2D eigenvalue weighted by atomic mass is 9.92. The maximum Gasteiger partial charge on any atom is 0.410 e. The van der Waals surface area contributed by atoms with Crippen LogP contribution in [0.1, 0.15) is 53.3 Å². The highest BCUT2D eigenvalue weighted by Crippen LogP contribution is 2.22. The summed E-state index contributed by atoms with van der Waals surface area (Å²) < 4.78 is 7.53. The van der Waals surface area contributed by atoms with Crippen LogP contribution in [0.15, 0.2) is 6.33 Å². The van der Waals surface area contributed by atoms with Crippen molar-refractivity contribution in [2.45, 2.75) is 72.2 Å². The number of hydrogen-bond acceptors (Lipinski definition) is 5. The standard InChI is InChI=1S/C17H31N5O2/c1-6-21-12-19-20-15(21)10-18-13(2)14-8-7-9-22(11-14)16(23)24-17(3,4)5/h12-14,18H,6-11H2,1-5H3. The fraction of sp³-hybridized carbons (Fsp3) is 0.824. The minimum absolute atomic E-state index is 0.204. The molecule has 2 heterocycles. The van der Waals surface area contributed by atoms with Crippen molar-refractivity contribution < 1.29 is 9.53 Å². The minimum Gasteiger partial charge on any atom is -0.444 e. The molecule has 136 valence electrons. The normalized spacial score (nSPS) is 20.0. The summed E-state index contributed by atoms with van der Waals surface area (Å²) in [6, 6.07) is 0.303. The quantitative estimate of drug-likeness (QED) is 0.893. The number of aryl methyl sites for hydroxylation is 1. The number of rotatable bonds is 5. The van der Waals surface area contributed by atoms with Crippen LogP contribution >= 0.6 is 0 Å². The molecule has 0 spiro atoms. The van der Waals surface area contributed by atoms with Gasteiger partial charge >= 0.3 is 6.09 Å². The summed E-state index contributed by atoms with van der Waals surface area (Å²) in [6.45, 7) is 13.0. The number of aromatic nitrogens is 3. The number of ether oxygens (including phenoxy) is 1. The van der Waals surface area contributed by atoms with Crippen molar-refractivity contribution in [2.75, 3.05) is 13.1 Å². The Morgan fingerprint density at radius 3 is 2.92 bits per heavy atom. The molecule has 0 aliphatic carbocycles. The van der Waals surface area contributed by atoms with Gasteiger partial charge in [-0.1, -0.05) is 0 Å².